The van der Waals surface area contributed by atoms with Crippen LogP contribution >= 0.6 is 0 Å². The molecule has 1 heterocycles. The number of allylic oxidation sites excluding steroid dienone is 1. The van der Waals surface area contributed by atoms with E-state index in [0.717, 1.165) is 36.1 Å². The van der Waals surface area contributed by atoms with Gasteiger partial charge in [-0.15, -0.1) is 0 Å². The summed E-state index contributed by atoms with van der Waals surface area (Å²) in [4.78, 5) is 12.1. The number of nitrogens with one attached hydrogen (secondary N) is 3. The van der Waals surface area contributed by atoms with E-state index in [2.05, 4.69) is 23.0 Å². The van der Waals surface area contributed by atoms with E-state index < -0.39 is 11.0 Å². The number of hydrazone groups is 1. The number of amidine groups is 1. The molecule has 1 aromatic carbocycles. The molecule has 1 aliphatic carbocycles. The first-order valence-electron chi connectivity index (χ1n) is 10.7. The van der Waals surface area contributed by atoms with E-state index in [0.29, 0.717) is 23.3 Å². The van der Waals surface area contributed by atoms with Gasteiger partial charge in [0.15, 0.2) is 5.84 Å². The summed E-state index contributed by atoms with van der Waals surface area (Å²) in [5, 5.41) is 18.1. The topological polar surface area (TPSA) is 97.7 Å². The van der Waals surface area contributed by atoms with Crippen molar-refractivity contribution in [1.82, 2.24) is 15.0 Å². The standard InChI is InChI=1S/C22H31N5O2S/c1-3-8-19-21(26-27(22(19)23)17-9-6-5-7-10-17)16-11-13-18(14-12-16)30(29)25-15-20(28)24-4-2/h8,11-14,17,23,25H,3-7,9-10,15H2,1-2H3,(H,24,28)/b19-8-,23-22?. The third-order valence-electron chi connectivity index (χ3n) is 5.36. The van der Waals surface area contributed by atoms with Gasteiger partial charge in [0.2, 0.25) is 5.91 Å². The van der Waals surface area contributed by atoms with Crippen LogP contribution in [0.3, 0.4) is 0 Å². The van der Waals surface area contributed by atoms with Gasteiger partial charge in [-0.2, -0.15) is 5.10 Å². The Hall–Kier alpha value is -2.32. The lowest BCUT2D eigenvalue weighted by molar-refractivity contribution is -0.119. The summed E-state index contributed by atoms with van der Waals surface area (Å²) in [6.45, 7) is 4.46. The Balaban J connectivity index is 1.76. The molecule has 1 aliphatic heterocycles. The number of likely N-dealkylation sites (N-methyl/N-ethyl adjacent to an activating group) is 1. The van der Waals surface area contributed by atoms with Crippen LogP contribution in [0.1, 0.15) is 57.9 Å². The van der Waals surface area contributed by atoms with Crippen molar-refractivity contribution in [3.63, 3.8) is 0 Å². The second-order valence-electron chi connectivity index (χ2n) is 7.53. The van der Waals surface area contributed by atoms with E-state index in [9.17, 15) is 9.00 Å². The smallest absolute Gasteiger partial charge is 0.234 e. The van der Waals surface area contributed by atoms with Crippen LogP contribution in [0, 0.1) is 5.41 Å². The molecule has 1 fully saturated rings. The average molecular weight is 430 g/mol. The first-order chi connectivity index (χ1) is 14.5. The van der Waals surface area contributed by atoms with Crippen LogP contribution in [0.4, 0.5) is 0 Å². The number of hydrogen-bond acceptors (Lipinski definition) is 4. The zero-order valence-corrected chi connectivity index (χ0v) is 18.6. The van der Waals surface area contributed by atoms with Gasteiger partial charge in [0, 0.05) is 17.7 Å². The van der Waals surface area contributed by atoms with Gasteiger partial charge in [-0.25, -0.2) is 13.9 Å². The molecule has 3 N–H and O–H groups in total. The third kappa shape index (κ3) is 5.23. The molecule has 1 unspecified atom stereocenters. The van der Waals surface area contributed by atoms with E-state index in [1.807, 2.05) is 24.1 Å². The number of hydrogen-bond donors (Lipinski definition) is 3. The van der Waals surface area contributed by atoms with Gasteiger partial charge in [0.05, 0.1) is 17.5 Å². The van der Waals surface area contributed by atoms with Crippen molar-refractivity contribution < 1.29 is 9.00 Å². The molecule has 0 radical (unpaired) electrons. The Morgan fingerprint density at radius 2 is 1.93 bits per heavy atom. The fourth-order valence-corrected chi connectivity index (χ4v) is 4.67. The van der Waals surface area contributed by atoms with Gasteiger partial charge in [0.1, 0.15) is 16.7 Å². The van der Waals surface area contributed by atoms with Crippen LogP contribution in [-0.2, 0) is 15.8 Å². The predicted octanol–water partition coefficient (Wildman–Crippen LogP) is 3.10. The number of rotatable bonds is 8. The van der Waals surface area contributed by atoms with Crippen molar-refractivity contribution in [2.75, 3.05) is 13.1 Å². The second-order valence-corrected chi connectivity index (χ2v) is 8.82. The highest BCUT2D eigenvalue weighted by Crippen LogP contribution is 2.30. The van der Waals surface area contributed by atoms with Crippen LogP contribution in [0.2, 0.25) is 0 Å². The Morgan fingerprint density at radius 3 is 2.57 bits per heavy atom. The van der Waals surface area contributed by atoms with Crippen LogP contribution in [0.25, 0.3) is 0 Å². The zero-order chi connectivity index (χ0) is 21.5. The van der Waals surface area contributed by atoms with Gasteiger partial charge in [-0.3, -0.25) is 10.2 Å². The zero-order valence-electron chi connectivity index (χ0n) is 17.7. The average Bonchev–Trinajstić information content (AvgIpc) is 3.09. The summed E-state index contributed by atoms with van der Waals surface area (Å²) < 4.78 is 15.1. The second kappa shape index (κ2) is 10.6. The number of carbonyl (C=O) groups excluding carboxylic acids is 1. The SMILES string of the molecule is CC/C=C1\C(=N)N(C2CCCCC2)N=C1c1ccc(S(=O)NCC(=O)NCC)cc1. The van der Waals surface area contributed by atoms with E-state index in [1.54, 1.807) is 12.1 Å². The van der Waals surface area contributed by atoms with Crippen LogP contribution in [0.5, 0.6) is 0 Å². The number of benzene rings is 1. The van der Waals surface area contributed by atoms with Crippen LogP contribution in [-0.4, -0.2) is 45.8 Å². The molecular formula is C22H31N5O2S. The van der Waals surface area contributed by atoms with E-state index in [-0.39, 0.29) is 12.5 Å². The quantitative estimate of drug-likeness (QED) is 0.592. The number of amides is 1. The number of nitrogens with zero attached hydrogens (tertiary/aromatic N) is 2. The fourth-order valence-electron chi connectivity index (χ4n) is 3.86. The largest absolute Gasteiger partial charge is 0.355 e. The molecule has 3 rings (SSSR count). The van der Waals surface area contributed by atoms with E-state index in [1.165, 1.54) is 19.3 Å². The molecule has 0 spiro atoms. The Bertz CT molecular complexity index is 857. The minimum atomic E-state index is -1.47. The monoisotopic (exact) mass is 429 g/mol. The van der Waals surface area contributed by atoms with E-state index >= 15 is 0 Å². The van der Waals surface area contributed by atoms with E-state index in [4.69, 9.17) is 10.5 Å². The molecule has 0 bridgehead atoms. The highest BCUT2D eigenvalue weighted by Gasteiger charge is 2.33. The molecule has 0 saturated heterocycles. The molecule has 1 aromatic rings. The molecule has 7 nitrogen and oxygen atoms in total. The third-order valence-corrected chi connectivity index (χ3v) is 6.46. The summed E-state index contributed by atoms with van der Waals surface area (Å²) in [5.41, 5.74) is 2.58. The van der Waals surface area contributed by atoms with Gasteiger partial charge < -0.3 is 5.32 Å². The Morgan fingerprint density at radius 1 is 1.23 bits per heavy atom. The first-order valence-corrected chi connectivity index (χ1v) is 11.9. The maximum absolute atomic E-state index is 12.4. The highest BCUT2D eigenvalue weighted by atomic mass is 32.2. The fraction of sp³-hybridized carbons (Fsp3) is 0.500. The lowest BCUT2D eigenvalue weighted by Crippen LogP contribution is -2.34. The molecular weight excluding hydrogens is 398 g/mol. The molecule has 1 amide bonds. The van der Waals surface area contributed by atoms with Crippen molar-refractivity contribution in [2.45, 2.75) is 63.3 Å². The summed E-state index contributed by atoms with van der Waals surface area (Å²) in [6, 6.07) is 7.65. The van der Waals surface area contributed by atoms with Gasteiger partial charge in [-0.1, -0.05) is 44.4 Å². The molecule has 2 aliphatic rings. The minimum Gasteiger partial charge on any atom is -0.355 e. The molecule has 0 aromatic heterocycles. The Labute approximate surface area is 181 Å². The van der Waals surface area contributed by atoms with Gasteiger partial charge in [0.25, 0.3) is 0 Å². The highest BCUT2D eigenvalue weighted by molar-refractivity contribution is 7.83. The number of carbonyl (C=O) groups is 1. The summed E-state index contributed by atoms with van der Waals surface area (Å²) in [6.07, 6.45) is 8.69. The first kappa shape index (κ1) is 22.4. The van der Waals surface area contributed by atoms with Crippen LogP contribution < -0.4 is 10.0 Å². The molecule has 1 saturated carbocycles. The van der Waals surface area contributed by atoms with Crippen molar-refractivity contribution in [2.24, 2.45) is 5.10 Å². The summed E-state index contributed by atoms with van der Waals surface area (Å²) >= 11 is 0. The minimum absolute atomic E-state index is 0.00576. The van der Waals surface area contributed by atoms with Crippen molar-refractivity contribution in [3.05, 3.63) is 41.5 Å². The molecule has 30 heavy (non-hydrogen) atoms. The van der Waals surface area contributed by atoms with Gasteiger partial charge in [-0.05, 0) is 38.3 Å². The summed E-state index contributed by atoms with van der Waals surface area (Å²) in [7, 11) is -1.47. The maximum Gasteiger partial charge on any atom is 0.234 e. The molecule has 1 atom stereocenters. The lowest BCUT2D eigenvalue weighted by atomic mass is 9.94. The maximum atomic E-state index is 12.4. The van der Waals surface area contributed by atoms with Gasteiger partial charge >= 0.3 is 0 Å². The van der Waals surface area contributed by atoms with Crippen molar-refractivity contribution >= 4 is 28.4 Å². The predicted molar refractivity (Wildman–Crippen MR) is 121 cm³/mol. The normalized spacial score (nSPS) is 19.8. The lowest BCUT2D eigenvalue weighted by Gasteiger charge is -2.29. The van der Waals surface area contributed by atoms with Crippen molar-refractivity contribution in [3.8, 4) is 0 Å². The molecule has 162 valence electrons. The van der Waals surface area contributed by atoms with Crippen LogP contribution in [0.15, 0.2) is 45.9 Å². The Kier molecular flexibility index (Phi) is 7.93. The summed E-state index contributed by atoms with van der Waals surface area (Å²) in [5.74, 6) is 0.299. The van der Waals surface area contributed by atoms with Crippen molar-refractivity contribution in [1.29, 1.82) is 5.41 Å². The molecule has 8 heteroatoms.